The molecule has 0 aliphatic rings. The van der Waals surface area contributed by atoms with Crippen molar-refractivity contribution in [3.8, 4) is 0 Å². The molecule has 0 nitrogen and oxygen atoms in total. The van der Waals surface area contributed by atoms with E-state index in [0.29, 0.717) is 0 Å². The Labute approximate surface area is 45.3 Å². The molecule has 0 bridgehead atoms. The third-order valence-corrected chi connectivity index (χ3v) is 1.22. The normalized spacial score (nSPS) is 7.00. The van der Waals surface area contributed by atoms with Crippen molar-refractivity contribution in [2.75, 3.05) is 11.5 Å². The van der Waals surface area contributed by atoms with Gasteiger partial charge in [0.1, 0.15) is 0 Å². The van der Waals surface area contributed by atoms with Crippen LogP contribution in [0.25, 0.3) is 0 Å². The summed E-state index contributed by atoms with van der Waals surface area (Å²) in [5.74, 6) is 2.52. The average molecular weight is 106 g/mol. The van der Waals surface area contributed by atoms with Gasteiger partial charge in [0.15, 0.2) is 0 Å². The van der Waals surface area contributed by atoms with E-state index >= 15 is 0 Å². The summed E-state index contributed by atoms with van der Waals surface area (Å²) < 4.78 is 0. The Hall–Kier alpha value is 0.350. The lowest BCUT2D eigenvalue weighted by Crippen LogP contribution is -1.64. The van der Waals surface area contributed by atoms with Crippen LogP contribution < -0.4 is 0 Å². The molecule has 0 aliphatic heterocycles. The standard InChI is InChI=1S/C4H10S.CH4/c1-3-5-4-2;/h3-4H2,1-2H3;1H4. The molecule has 0 aromatic rings. The van der Waals surface area contributed by atoms with Crippen molar-refractivity contribution in [1.82, 2.24) is 0 Å². The molecular weight excluding hydrogens is 92.1 g/mol. The Morgan fingerprint density at radius 3 is 1.50 bits per heavy atom. The van der Waals surface area contributed by atoms with Gasteiger partial charge in [0.05, 0.1) is 0 Å². The minimum atomic E-state index is 0. The van der Waals surface area contributed by atoms with E-state index in [1.165, 1.54) is 11.5 Å². The maximum atomic E-state index is 2.17. The van der Waals surface area contributed by atoms with E-state index in [-0.39, 0.29) is 7.43 Å². The maximum absolute atomic E-state index is 2.17. The second kappa shape index (κ2) is 9.02. The van der Waals surface area contributed by atoms with Crippen molar-refractivity contribution < 1.29 is 0 Å². The summed E-state index contributed by atoms with van der Waals surface area (Å²) in [6, 6.07) is 0. The van der Waals surface area contributed by atoms with Crippen molar-refractivity contribution in [1.29, 1.82) is 0 Å². The van der Waals surface area contributed by atoms with Gasteiger partial charge in [-0.2, -0.15) is 11.8 Å². The quantitative estimate of drug-likeness (QED) is 0.521. The second-order valence-electron chi connectivity index (χ2n) is 0.781. The van der Waals surface area contributed by atoms with Gasteiger partial charge in [-0.15, -0.1) is 0 Å². The minimum Gasteiger partial charge on any atom is -0.163 e. The summed E-state index contributed by atoms with van der Waals surface area (Å²) in [5, 5.41) is 0. The Morgan fingerprint density at radius 1 is 1.17 bits per heavy atom. The molecule has 0 saturated carbocycles. The van der Waals surface area contributed by atoms with Crippen LogP contribution in [0.2, 0.25) is 0 Å². The monoisotopic (exact) mass is 106 g/mol. The van der Waals surface area contributed by atoms with Crippen LogP contribution in [0, 0.1) is 0 Å². The van der Waals surface area contributed by atoms with Gasteiger partial charge in [-0.25, -0.2) is 0 Å². The molecule has 0 aromatic carbocycles. The molecule has 0 atom stereocenters. The molecule has 0 unspecified atom stereocenters. The lowest BCUT2D eigenvalue weighted by molar-refractivity contribution is 1.46. The smallest absolute Gasteiger partial charge is 0.00961 e. The molecule has 0 N–H and O–H groups in total. The Morgan fingerprint density at radius 2 is 1.50 bits per heavy atom. The largest absolute Gasteiger partial charge is 0.163 e. The van der Waals surface area contributed by atoms with E-state index in [1.54, 1.807) is 0 Å². The zero-order valence-corrected chi connectivity index (χ0v) is 4.64. The van der Waals surface area contributed by atoms with Gasteiger partial charge in [-0.3, -0.25) is 0 Å². The molecule has 1 heteroatoms. The highest BCUT2D eigenvalue weighted by Crippen LogP contribution is 1.93. The predicted molar refractivity (Wildman–Crippen MR) is 35.4 cm³/mol. The molecule has 0 radical (unpaired) electrons. The topological polar surface area (TPSA) is 0 Å². The van der Waals surface area contributed by atoms with Crippen molar-refractivity contribution in [2.45, 2.75) is 21.3 Å². The number of thioether (sulfide) groups is 1. The highest BCUT2D eigenvalue weighted by atomic mass is 32.2. The molecule has 0 spiro atoms. The number of rotatable bonds is 2. The van der Waals surface area contributed by atoms with Crippen LogP contribution in [-0.2, 0) is 0 Å². The summed E-state index contributed by atoms with van der Waals surface area (Å²) >= 11 is 1.96. The highest BCUT2D eigenvalue weighted by Gasteiger charge is 1.67. The molecule has 0 fully saturated rings. The molecule has 0 rings (SSSR count). The van der Waals surface area contributed by atoms with E-state index in [2.05, 4.69) is 13.8 Å². The first-order chi connectivity index (χ1) is 2.41. The average Bonchev–Trinajstić information content (AvgIpc) is 1.41. The van der Waals surface area contributed by atoms with E-state index in [4.69, 9.17) is 0 Å². The number of hydrogen-bond donors (Lipinski definition) is 0. The Balaban J connectivity index is 0. The van der Waals surface area contributed by atoms with Crippen LogP contribution in [0.5, 0.6) is 0 Å². The molecule has 6 heavy (non-hydrogen) atoms. The van der Waals surface area contributed by atoms with Crippen molar-refractivity contribution in [2.24, 2.45) is 0 Å². The van der Waals surface area contributed by atoms with Crippen LogP contribution >= 0.6 is 11.8 Å². The predicted octanol–water partition coefficient (Wildman–Crippen LogP) is 2.40. The van der Waals surface area contributed by atoms with Crippen LogP contribution in [-0.4, -0.2) is 11.5 Å². The van der Waals surface area contributed by atoms with Gasteiger partial charge < -0.3 is 0 Å². The van der Waals surface area contributed by atoms with Gasteiger partial charge in [0, 0.05) is 0 Å². The van der Waals surface area contributed by atoms with Crippen molar-refractivity contribution in [3.05, 3.63) is 0 Å². The van der Waals surface area contributed by atoms with E-state index < -0.39 is 0 Å². The molecular formula is C5H14S. The van der Waals surface area contributed by atoms with Gasteiger partial charge in [0.25, 0.3) is 0 Å². The molecule has 40 valence electrons. The summed E-state index contributed by atoms with van der Waals surface area (Å²) in [4.78, 5) is 0. The van der Waals surface area contributed by atoms with Crippen LogP contribution in [0.1, 0.15) is 21.3 Å². The molecule has 0 saturated heterocycles. The Kier molecular flexibility index (Phi) is 14.4. The highest BCUT2D eigenvalue weighted by molar-refractivity contribution is 7.99. The zero-order chi connectivity index (χ0) is 4.12. The zero-order valence-electron chi connectivity index (χ0n) is 3.82. The molecule has 0 aliphatic carbocycles. The summed E-state index contributed by atoms with van der Waals surface area (Å²) in [5.41, 5.74) is 0. The number of hydrogen-bond acceptors (Lipinski definition) is 1. The summed E-state index contributed by atoms with van der Waals surface area (Å²) in [6.07, 6.45) is 0. The van der Waals surface area contributed by atoms with Gasteiger partial charge in [0.2, 0.25) is 0 Å². The van der Waals surface area contributed by atoms with Gasteiger partial charge >= 0.3 is 0 Å². The molecule has 0 amide bonds. The minimum absolute atomic E-state index is 0. The third kappa shape index (κ3) is 8.84. The fourth-order valence-electron chi connectivity index (χ4n) is 0.204. The lowest BCUT2D eigenvalue weighted by atomic mass is 11.0. The second-order valence-corrected chi connectivity index (χ2v) is 2.34. The Bertz CT molecular complexity index is 11.4. The van der Waals surface area contributed by atoms with Crippen LogP contribution in [0.15, 0.2) is 0 Å². The van der Waals surface area contributed by atoms with E-state index in [0.717, 1.165) is 0 Å². The van der Waals surface area contributed by atoms with Crippen LogP contribution in [0.4, 0.5) is 0 Å². The third-order valence-electron chi connectivity index (χ3n) is 0.408. The first-order valence-electron chi connectivity index (χ1n) is 1.99. The lowest BCUT2D eigenvalue weighted by Gasteiger charge is -1.80. The fraction of sp³-hybridized carbons (Fsp3) is 1.00. The van der Waals surface area contributed by atoms with Gasteiger partial charge in [-0.05, 0) is 11.5 Å². The summed E-state index contributed by atoms with van der Waals surface area (Å²) in [6.45, 7) is 4.35. The first kappa shape index (κ1) is 9.61. The first-order valence-corrected chi connectivity index (χ1v) is 3.15. The molecule has 0 aromatic heterocycles. The molecule has 0 heterocycles. The van der Waals surface area contributed by atoms with Crippen molar-refractivity contribution >= 4 is 11.8 Å². The van der Waals surface area contributed by atoms with E-state index in [1.807, 2.05) is 11.8 Å². The van der Waals surface area contributed by atoms with Crippen LogP contribution in [0.3, 0.4) is 0 Å². The van der Waals surface area contributed by atoms with E-state index in [9.17, 15) is 0 Å². The van der Waals surface area contributed by atoms with Crippen molar-refractivity contribution in [3.63, 3.8) is 0 Å². The SMILES string of the molecule is C.CCSCC. The summed E-state index contributed by atoms with van der Waals surface area (Å²) in [7, 11) is 0. The fourth-order valence-corrected chi connectivity index (χ4v) is 0.612. The maximum Gasteiger partial charge on any atom is -0.00961 e. The van der Waals surface area contributed by atoms with Gasteiger partial charge in [-0.1, -0.05) is 21.3 Å².